The van der Waals surface area contributed by atoms with Gasteiger partial charge in [-0.1, -0.05) is 0 Å². The molecule has 4 nitrogen and oxygen atoms in total. The number of likely N-dealkylation sites (N-methyl/N-ethyl adjacent to an activating group) is 1. The number of carbonyl (C=O) groups is 1. The molecule has 0 aliphatic carbocycles. The highest BCUT2D eigenvalue weighted by molar-refractivity contribution is 5.75. The Morgan fingerprint density at radius 2 is 1.83 bits per heavy atom. The van der Waals surface area contributed by atoms with Crippen molar-refractivity contribution in [2.45, 2.75) is 18.9 Å². The average Bonchev–Trinajstić information content (AvgIpc) is 2.60. The van der Waals surface area contributed by atoms with Gasteiger partial charge in [0.05, 0.1) is 0 Å². The zero-order chi connectivity index (χ0) is 14.1. The molecule has 0 radical (unpaired) electrons. The summed E-state index contributed by atoms with van der Waals surface area (Å²) >= 11 is 0. The van der Waals surface area contributed by atoms with Gasteiger partial charge in [0.1, 0.15) is 12.2 Å². The van der Waals surface area contributed by atoms with E-state index in [0.29, 0.717) is 0 Å². The molecule has 18 heavy (non-hydrogen) atoms. The van der Waals surface area contributed by atoms with E-state index in [1.54, 1.807) is 0 Å². The number of halogens is 6. The summed E-state index contributed by atoms with van der Waals surface area (Å²) < 4.78 is 74.0. The molecule has 0 saturated carbocycles. The summed E-state index contributed by atoms with van der Waals surface area (Å²) in [6.07, 6.45) is -10.0. The number of hydrogen-bond donors (Lipinski definition) is 1. The molecule has 1 heterocycles. The molecular formula is C8H7F6N3O. The van der Waals surface area contributed by atoms with Gasteiger partial charge in [-0.15, -0.1) is 0 Å². The van der Waals surface area contributed by atoms with Crippen LogP contribution in [0.1, 0.15) is 11.4 Å². The lowest BCUT2D eigenvalue weighted by molar-refractivity contribution is -0.144. The van der Waals surface area contributed by atoms with Gasteiger partial charge < -0.3 is 5.32 Å². The number of nitrogens with zero attached hydrogens (tertiary/aromatic N) is 2. The van der Waals surface area contributed by atoms with E-state index in [4.69, 9.17) is 0 Å². The average molecular weight is 275 g/mol. The van der Waals surface area contributed by atoms with E-state index in [-0.39, 0.29) is 10.7 Å². The maximum Gasteiger partial charge on any atom is 0.435 e. The molecule has 1 amide bonds. The quantitative estimate of drug-likeness (QED) is 0.834. The van der Waals surface area contributed by atoms with Gasteiger partial charge in [-0.2, -0.15) is 31.4 Å². The molecule has 10 heteroatoms. The molecule has 1 rings (SSSR count). The lowest BCUT2D eigenvalue weighted by Gasteiger charge is -2.08. The summed E-state index contributed by atoms with van der Waals surface area (Å²) in [4.78, 5) is 10.9. The van der Waals surface area contributed by atoms with Crippen molar-refractivity contribution in [2.24, 2.45) is 0 Å². The standard InChI is InChI=1S/C8H7F6N3O/c1-15-6(18)3-17-5(8(12,13)14)2-4(16-17)7(9,10)11/h2H,3H2,1H3,(H,15,18). The van der Waals surface area contributed by atoms with Gasteiger partial charge in [0.15, 0.2) is 5.69 Å². The first-order valence-corrected chi connectivity index (χ1v) is 4.48. The molecule has 0 aliphatic heterocycles. The Bertz CT molecular complexity index is 447. The molecule has 0 aliphatic rings. The Kier molecular flexibility index (Phi) is 3.58. The molecule has 1 aromatic rings. The molecule has 0 fully saturated rings. The molecule has 0 unspecified atom stereocenters. The van der Waals surface area contributed by atoms with E-state index >= 15 is 0 Å². The Hall–Kier alpha value is -1.74. The van der Waals surface area contributed by atoms with E-state index in [2.05, 4.69) is 5.10 Å². The van der Waals surface area contributed by atoms with Crippen LogP contribution in [0.3, 0.4) is 0 Å². The van der Waals surface area contributed by atoms with Crippen LogP contribution in [0.2, 0.25) is 0 Å². The van der Waals surface area contributed by atoms with Gasteiger partial charge in [-0.05, 0) is 0 Å². The second-order valence-electron chi connectivity index (χ2n) is 3.24. The number of alkyl halides is 6. The minimum atomic E-state index is -5.02. The third kappa shape index (κ3) is 3.14. The van der Waals surface area contributed by atoms with Crippen LogP contribution in [0.5, 0.6) is 0 Å². The summed E-state index contributed by atoms with van der Waals surface area (Å²) in [5, 5.41) is 4.74. The molecule has 0 aromatic carbocycles. The van der Waals surface area contributed by atoms with Crippen LogP contribution in [0.4, 0.5) is 26.3 Å². The highest BCUT2D eigenvalue weighted by Crippen LogP contribution is 2.34. The fourth-order valence-corrected chi connectivity index (χ4v) is 1.12. The number of carbonyl (C=O) groups excluding carboxylic acids is 1. The van der Waals surface area contributed by atoms with Crippen molar-refractivity contribution in [3.63, 3.8) is 0 Å². The summed E-state index contributed by atoms with van der Waals surface area (Å²) in [7, 11) is 1.14. The smallest absolute Gasteiger partial charge is 0.358 e. The van der Waals surface area contributed by atoms with Crippen molar-refractivity contribution in [3.05, 3.63) is 17.5 Å². The fraction of sp³-hybridized carbons (Fsp3) is 0.500. The maximum absolute atomic E-state index is 12.4. The molecule has 1 N–H and O–H groups in total. The molecule has 0 saturated heterocycles. The number of nitrogens with one attached hydrogen (secondary N) is 1. The third-order valence-electron chi connectivity index (χ3n) is 1.93. The lowest BCUT2D eigenvalue weighted by atomic mass is 10.3. The van der Waals surface area contributed by atoms with Crippen molar-refractivity contribution < 1.29 is 31.1 Å². The van der Waals surface area contributed by atoms with Crippen molar-refractivity contribution in [1.82, 2.24) is 15.1 Å². The van der Waals surface area contributed by atoms with Crippen LogP contribution in [-0.2, 0) is 23.7 Å². The minimum Gasteiger partial charge on any atom is -0.358 e. The van der Waals surface area contributed by atoms with Crippen molar-refractivity contribution in [1.29, 1.82) is 0 Å². The highest BCUT2D eigenvalue weighted by atomic mass is 19.4. The predicted octanol–water partition coefficient (Wildman–Crippen LogP) is 1.67. The second-order valence-corrected chi connectivity index (χ2v) is 3.24. The normalized spacial score (nSPS) is 12.6. The Morgan fingerprint density at radius 3 is 2.22 bits per heavy atom. The Labute approximate surface area is 96.6 Å². The SMILES string of the molecule is CNC(=O)Cn1nc(C(F)(F)F)cc1C(F)(F)F. The van der Waals surface area contributed by atoms with Crippen LogP contribution in [-0.4, -0.2) is 22.7 Å². The lowest BCUT2D eigenvalue weighted by Crippen LogP contribution is -2.27. The molecule has 0 spiro atoms. The van der Waals surface area contributed by atoms with Crippen molar-refractivity contribution in [3.8, 4) is 0 Å². The number of rotatable bonds is 2. The van der Waals surface area contributed by atoms with Crippen LogP contribution in [0.25, 0.3) is 0 Å². The van der Waals surface area contributed by atoms with Crippen molar-refractivity contribution >= 4 is 5.91 Å². The maximum atomic E-state index is 12.4. The van der Waals surface area contributed by atoms with Gasteiger partial charge in [-0.3, -0.25) is 9.48 Å². The van der Waals surface area contributed by atoms with Crippen LogP contribution in [0, 0.1) is 0 Å². The summed E-state index contributed by atoms with van der Waals surface area (Å²) in [6.45, 7) is -0.943. The van der Waals surface area contributed by atoms with Crippen LogP contribution >= 0.6 is 0 Å². The number of amides is 1. The first-order chi connectivity index (χ1) is 8.05. The Balaban J connectivity index is 3.22. The zero-order valence-corrected chi connectivity index (χ0v) is 8.85. The number of hydrogen-bond acceptors (Lipinski definition) is 2. The number of aromatic nitrogens is 2. The van der Waals surface area contributed by atoms with Gasteiger partial charge in [-0.25, -0.2) is 0 Å². The molecule has 0 atom stereocenters. The van der Waals surface area contributed by atoms with Gasteiger partial charge in [0.25, 0.3) is 0 Å². The first kappa shape index (κ1) is 14.3. The summed E-state index contributed by atoms with van der Waals surface area (Å²) in [6, 6.07) is -0.136. The third-order valence-corrected chi connectivity index (χ3v) is 1.93. The zero-order valence-electron chi connectivity index (χ0n) is 8.85. The second kappa shape index (κ2) is 4.50. The largest absolute Gasteiger partial charge is 0.435 e. The van der Waals surface area contributed by atoms with Gasteiger partial charge >= 0.3 is 12.4 Å². The van der Waals surface area contributed by atoms with Gasteiger partial charge in [0.2, 0.25) is 5.91 Å². The van der Waals surface area contributed by atoms with E-state index in [9.17, 15) is 31.1 Å². The van der Waals surface area contributed by atoms with Crippen molar-refractivity contribution in [2.75, 3.05) is 7.05 Å². The molecule has 102 valence electrons. The first-order valence-electron chi connectivity index (χ1n) is 4.48. The monoisotopic (exact) mass is 275 g/mol. The summed E-state index contributed by atoms with van der Waals surface area (Å²) in [5.41, 5.74) is -3.32. The predicted molar refractivity (Wildman–Crippen MR) is 46.3 cm³/mol. The minimum absolute atomic E-state index is 0.0261. The van der Waals surface area contributed by atoms with E-state index in [0.717, 1.165) is 7.05 Å². The molecular weight excluding hydrogens is 268 g/mol. The van der Waals surface area contributed by atoms with E-state index in [1.807, 2.05) is 5.32 Å². The van der Waals surface area contributed by atoms with E-state index in [1.165, 1.54) is 0 Å². The van der Waals surface area contributed by atoms with E-state index < -0.39 is 36.2 Å². The Morgan fingerprint density at radius 1 is 1.28 bits per heavy atom. The topological polar surface area (TPSA) is 46.9 Å². The molecule has 0 bridgehead atoms. The van der Waals surface area contributed by atoms with Gasteiger partial charge in [0, 0.05) is 13.1 Å². The summed E-state index contributed by atoms with van der Waals surface area (Å²) in [5.74, 6) is -0.891. The van der Waals surface area contributed by atoms with Crippen LogP contribution < -0.4 is 5.32 Å². The highest BCUT2D eigenvalue weighted by Gasteiger charge is 2.42. The molecule has 1 aromatic heterocycles. The fourth-order valence-electron chi connectivity index (χ4n) is 1.12. The van der Waals surface area contributed by atoms with Crippen LogP contribution in [0.15, 0.2) is 6.07 Å².